The number of rotatable bonds is 2. The minimum atomic E-state index is -4.36. The SMILES string of the molecule is N#Cc1c[nH]c2ccc(Cc3ccc(C(F)(F)F)cc3)cc2c1=O. The van der Waals surface area contributed by atoms with Crippen LogP contribution in [-0.2, 0) is 12.6 Å². The number of nitrogens with one attached hydrogen (secondary N) is 1. The van der Waals surface area contributed by atoms with Crippen molar-refractivity contribution in [3.05, 3.63) is 81.1 Å². The number of nitrogens with zero attached hydrogens (tertiary/aromatic N) is 1. The van der Waals surface area contributed by atoms with Crippen molar-refractivity contribution in [2.24, 2.45) is 0 Å². The van der Waals surface area contributed by atoms with Gasteiger partial charge in [-0.15, -0.1) is 0 Å². The third-order valence-electron chi connectivity index (χ3n) is 3.76. The van der Waals surface area contributed by atoms with E-state index in [0.717, 1.165) is 17.7 Å². The van der Waals surface area contributed by atoms with Crippen LogP contribution in [0, 0.1) is 11.3 Å². The maximum Gasteiger partial charge on any atom is 0.416 e. The van der Waals surface area contributed by atoms with Gasteiger partial charge in [0.05, 0.1) is 5.56 Å². The lowest BCUT2D eigenvalue weighted by molar-refractivity contribution is -0.137. The highest BCUT2D eigenvalue weighted by Crippen LogP contribution is 2.29. The van der Waals surface area contributed by atoms with E-state index in [0.29, 0.717) is 22.9 Å². The second-order valence-electron chi connectivity index (χ2n) is 5.39. The van der Waals surface area contributed by atoms with Crippen LogP contribution in [0.1, 0.15) is 22.3 Å². The van der Waals surface area contributed by atoms with Crippen LogP contribution < -0.4 is 5.43 Å². The van der Waals surface area contributed by atoms with Crippen LogP contribution in [0.4, 0.5) is 13.2 Å². The van der Waals surface area contributed by atoms with Crippen molar-refractivity contribution in [2.45, 2.75) is 12.6 Å². The lowest BCUT2D eigenvalue weighted by Crippen LogP contribution is -2.07. The summed E-state index contributed by atoms with van der Waals surface area (Å²) in [5.41, 5.74) is 1.06. The molecule has 24 heavy (non-hydrogen) atoms. The maximum absolute atomic E-state index is 12.6. The topological polar surface area (TPSA) is 56.6 Å². The van der Waals surface area contributed by atoms with E-state index in [4.69, 9.17) is 5.26 Å². The summed E-state index contributed by atoms with van der Waals surface area (Å²) < 4.78 is 37.7. The van der Waals surface area contributed by atoms with Gasteiger partial charge >= 0.3 is 6.18 Å². The van der Waals surface area contributed by atoms with E-state index in [9.17, 15) is 18.0 Å². The fourth-order valence-electron chi connectivity index (χ4n) is 2.51. The van der Waals surface area contributed by atoms with E-state index in [-0.39, 0.29) is 11.0 Å². The van der Waals surface area contributed by atoms with Gasteiger partial charge in [0.1, 0.15) is 11.6 Å². The molecule has 0 unspecified atom stereocenters. The van der Waals surface area contributed by atoms with Crippen LogP contribution in [0.25, 0.3) is 10.9 Å². The molecule has 0 radical (unpaired) electrons. The molecular formula is C18H11F3N2O. The quantitative estimate of drug-likeness (QED) is 0.773. The largest absolute Gasteiger partial charge is 0.416 e. The first-order chi connectivity index (χ1) is 11.4. The molecular weight excluding hydrogens is 317 g/mol. The summed E-state index contributed by atoms with van der Waals surface area (Å²) in [5, 5.41) is 9.30. The monoisotopic (exact) mass is 328 g/mol. The van der Waals surface area contributed by atoms with E-state index in [1.54, 1.807) is 18.2 Å². The molecule has 0 atom stereocenters. The van der Waals surface area contributed by atoms with Gasteiger partial charge in [0.15, 0.2) is 0 Å². The molecule has 1 N–H and O–H groups in total. The van der Waals surface area contributed by atoms with Gasteiger partial charge in [-0.05, 0) is 41.8 Å². The number of fused-ring (bicyclic) bond motifs is 1. The molecule has 6 heteroatoms. The number of aromatic nitrogens is 1. The van der Waals surface area contributed by atoms with Crippen LogP contribution in [0.5, 0.6) is 0 Å². The molecule has 3 rings (SSSR count). The fraction of sp³-hybridized carbons (Fsp3) is 0.111. The number of hydrogen-bond donors (Lipinski definition) is 1. The number of nitriles is 1. The molecule has 0 amide bonds. The van der Waals surface area contributed by atoms with Crippen molar-refractivity contribution in [3.8, 4) is 6.07 Å². The van der Waals surface area contributed by atoms with Gasteiger partial charge in [0.25, 0.3) is 0 Å². The Morgan fingerprint density at radius 1 is 1.04 bits per heavy atom. The predicted octanol–water partition coefficient (Wildman–Crippen LogP) is 4.01. The number of alkyl halides is 3. The van der Waals surface area contributed by atoms with Gasteiger partial charge in [-0.25, -0.2) is 0 Å². The molecule has 3 nitrogen and oxygen atoms in total. The second-order valence-corrected chi connectivity index (χ2v) is 5.39. The molecule has 0 bridgehead atoms. The minimum absolute atomic E-state index is 0.0224. The van der Waals surface area contributed by atoms with E-state index in [1.165, 1.54) is 18.3 Å². The van der Waals surface area contributed by atoms with Crippen LogP contribution in [0.2, 0.25) is 0 Å². The van der Waals surface area contributed by atoms with E-state index in [2.05, 4.69) is 4.98 Å². The Labute approximate surface area is 135 Å². The Bertz CT molecular complexity index is 996. The van der Waals surface area contributed by atoms with Gasteiger partial charge in [0, 0.05) is 17.1 Å². The third-order valence-corrected chi connectivity index (χ3v) is 3.76. The first-order valence-electron chi connectivity index (χ1n) is 7.09. The normalized spacial score (nSPS) is 11.4. The van der Waals surface area contributed by atoms with Crippen molar-refractivity contribution in [1.82, 2.24) is 4.98 Å². The number of H-pyrrole nitrogens is 1. The molecule has 1 heterocycles. The smallest absolute Gasteiger partial charge is 0.360 e. The Morgan fingerprint density at radius 2 is 1.71 bits per heavy atom. The van der Waals surface area contributed by atoms with E-state index < -0.39 is 11.7 Å². The molecule has 0 saturated carbocycles. The molecule has 0 spiro atoms. The molecule has 120 valence electrons. The fourth-order valence-corrected chi connectivity index (χ4v) is 2.51. The first kappa shape index (κ1) is 15.8. The van der Waals surface area contributed by atoms with Crippen LogP contribution >= 0.6 is 0 Å². The maximum atomic E-state index is 12.6. The van der Waals surface area contributed by atoms with Crippen LogP contribution in [0.3, 0.4) is 0 Å². The van der Waals surface area contributed by atoms with Gasteiger partial charge in [0.2, 0.25) is 5.43 Å². The molecule has 0 aliphatic carbocycles. The summed E-state index contributed by atoms with van der Waals surface area (Å²) in [4.78, 5) is 15.0. The number of pyridine rings is 1. The summed E-state index contributed by atoms with van der Waals surface area (Å²) in [6.07, 6.45) is -2.60. The van der Waals surface area contributed by atoms with Gasteiger partial charge < -0.3 is 4.98 Å². The molecule has 0 aliphatic heterocycles. The standard InChI is InChI=1S/C18H11F3N2O/c19-18(20,21)14-4-1-11(2-5-14)7-12-3-6-16-15(8-12)17(24)13(9-22)10-23-16/h1-6,8,10H,7H2,(H,23,24). The van der Waals surface area contributed by atoms with Crippen molar-refractivity contribution >= 4 is 10.9 Å². The van der Waals surface area contributed by atoms with Crippen LogP contribution in [-0.4, -0.2) is 4.98 Å². The lowest BCUT2D eigenvalue weighted by atomic mass is 10.0. The van der Waals surface area contributed by atoms with Gasteiger partial charge in [-0.1, -0.05) is 18.2 Å². The zero-order valence-electron chi connectivity index (χ0n) is 12.3. The number of aromatic amines is 1. The highest BCUT2D eigenvalue weighted by atomic mass is 19.4. The molecule has 2 aromatic carbocycles. The zero-order chi connectivity index (χ0) is 17.3. The third kappa shape index (κ3) is 3.01. The summed E-state index contributed by atoms with van der Waals surface area (Å²) in [7, 11) is 0. The highest BCUT2D eigenvalue weighted by Gasteiger charge is 2.29. The highest BCUT2D eigenvalue weighted by molar-refractivity contribution is 5.80. The molecule has 0 fully saturated rings. The van der Waals surface area contributed by atoms with Gasteiger partial charge in [-0.3, -0.25) is 4.79 Å². The summed E-state index contributed by atoms with van der Waals surface area (Å²) >= 11 is 0. The Morgan fingerprint density at radius 3 is 2.33 bits per heavy atom. The average Bonchev–Trinajstić information content (AvgIpc) is 2.55. The molecule has 0 aliphatic rings. The molecule has 0 saturated heterocycles. The Hall–Kier alpha value is -3.07. The Balaban J connectivity index is 1.94. The molecule has 3 aromatic rings. The zero-order valence-corrected chi connectivity index (χ0v) is 12.3. The van der Waals surface area contributed by atoms with E-state index >= 15 is 0 Å². The average molecular weight is 328 g/mol. The predicted molar refractivity (Wildman–Crippen MR) is 83.5 cm³/mol. The summed E-state index contributed by atoms with van der Waals surface area (Å²) in [6, 6.07) is 11.9. The molecule has 1 aromatic heterocycles. The van der Waals surface area contributed by atoms with E-state index in [1.807, 2.05) is 6.07 Å². The van der Waals surface area contributed by atoms with Crippen molar-refractivity contribution < 1.29 is 13.2 Å². The van der Waals surface area contributed by atoms with Crippen molar-refractivity contribution in [3.63, 3.8) is 0 Å². The first-order valence-corrected chi connectivity index (χ1v) is 7.09. The van der Waals surface area contributed by atoms with Crippen molar-refractivity contribution in [2.75, 3.05) is 0 Å². The summed E-state index contributed by atoms with van der Waals surface area (Å²) in [5.74, 6) is 0. The lowest BCUT2D eigenvalue weighted by Gasteiger charge is -2.08. The number of benzene rings is 2. The second kappa shape index (κ2) is 5.85. The van der Waals surface area contributed by atoms with Crippen molar-refractivity contribution in [1.29, 1.82) is 5.26 Å². The van der Waals surface area contributed by atoms with Crippen LogP contribution in [0.15, 0.2) is 53.5 Å². The van der Waals surface area contributed by atoms with Gasteiger partial charge in [-0.2, -0.15) is 18.4 Å². The summed E-state index contributed by atoms with van der Waals surface area (Å²) in [6.45, 7) is 0. The number of halogens is 3. The Kier molecular flexibility index (Phi) is 3.86. The number of hydrogen-bond acceptors (Lipinski definition) is 2. The minimum Gasteiger partial charge on any atom is -0.360 e.